The summed E-state index contributed by atoms with van der Waals surface area (Å²) in [4.78, 5) is 12.5. The predicted octanol–water partition coefficient (Wildman–Crippen LogP) is 3.11. The summed E-state index contributed by atoms with van der Waals surface area (Å²) < 4.78 is 52.8. The first-order chi connectivity index (χ1) is 13.9. The molecular weight excluding hydrogens is 398 g/mol. The highest BCUT2D eigenvalue weighted by Gasteiger charge is 2.33. The maximum atomic E-state index is 13.1. The Bertz CT molecular complexity index is 931. The number of rotatable bonds is 7. The van der Waals surface area contributed by atoms with Gasteiger partial charge in [-0.25, -0.2) is 17.2 Å². The first kappa shape index (κ1) is 21.4. The van der Waals surface area contributed by atoms with Crippen LogP contribution in [0.25, 0.3) is 0 Å². The van der Waals surface area contributed by atoms with Crippen molar-refractivity contribution in [3.63, 3.8) is 0 Å². The molecule has 1 aliphatic rings. The molecule has 2 aromatic carbocycles. The Morgan fingerprint density at radius 3 is 2.31 bits per heavy atom. The highest BCUT2D eigenvalue weighted by Crippen LogP contribution is 2.24. The predicted molar refractivity (Wildman–Crippen MR) is 106 cm³/mol. The molecule has 29 heavy (non-hydrogen) atoms. The number of carbonyl (C=O) groups excluding carboxylic acids is 1. The highest BCUT2D eigenvalue weighted by atomic mass is 32.2. The quantitative estimate of drug-likeness (QED) is 0.698. The SMILES string of the molecule is O=C(NCCCc1ccc(F)cc1)C1CCCN(S(=O)(=O)c2ccc(F)cc2)C1. The van der Waals surface area contributed by atoms with E-state index in [0.717, 1.165) is 24.1 Å². The van der Waals surface area contributed by atoms with Crippen LogP contribution in [0.3, 0.4) is 0 Å². The van der Waals surface area contributed by atoms with Gasteiger partial charge in [0.05, 0.1) is 10.8 Å². The second-order valence-electron chi connectivity index (χ2n) is 7.18. The zero-order valence-electron chi connectivity index (χ0n) is 16.0. The minimum absolute atomic E-state index is 0.0271. The molecule has 1 heterocycles. The largest absolute Gasteiger partial charge is 0.356 e. The van der Waals surface area contributed by atoms with E-state index in [1.807, 2.05) is 0 Å². The molecule has 8 heteroatoms. The Kier molecular flexibility index (Phi) is 6.97. The summed E-state index contributed by atoms with van der Waals surface area (Å²) in [6.07, 6.45) is 2.64. The van der Waals surface area contributed by atoms with Crippen molar-refractivity contribution in [3.8, 4) is 0 Å². The molecule has 1 saturated heterocycles. The van der Waals surface area contributed by atoms with Gasteiger partial charge in [-0.05, 0) is 67.6 Å². The number of benzene rings is 2. The third kappa shape index (κ3) is 5.61. The van der Waals surface area contributed by atoms with Crippen molar-refractivity contribution >= 4 is 15.9 Å². The van der Waals surface area contributed by atoms with E-state index >= 15 is 0 Å². The third-order valence-corrected chi connectivity index (χ3v) is 6.94. The normalized spacial score (nSPS) is 17.8. The molecule has 3 rings (SSSR count). The molecule has 0 saturated carbocycles. The lowest BCUT2D eigenvalue weighted by atomic mass is 9.99. The Morgan fingerprint density at radius 2 is 1.66 bits per heavy atom. The lowest BCUT2D eigenvalue weighted by molar-refractivity contribution is -0.126. The number of nitrogens with one attached hydrogen (secondary N) is 1. The second-order valence-corrected chi connectivity index (χ2v) is 9.12. The topological polar surface area (TPSA) is 66.5 Å². The summed E-state index contributed by atoms with van der Waals surface area (Å²) in [5.74, 6) is -1.35. The van der Waals surface area contributed by atoms with Crippen LogP contribution < -0.4 is 5.32 Å². The average molecular weight is 422 g/mol. The number of hydrogen-bond acceptors (Lipinski definition) is 3. The fourth-order valence-electron chi connectivity index (χ4n) is 3.43. The van der Waals surface area contributed by atoms with Crippen LogP contribution in [0.4, 0.5) is 8.78 Å². The number of halogens is 2. The minimum atomic E-state index is -3.75. The molecule has 0 aromatic heterocycles. The van der Waals surface area contributed by atoms with E-state index in [1.54, 1.807) is 12.1 Å². The molecule has 1 fully saturated rings. The standard InChI is InChI=1S/C21H24F2N2O3S/c22-18-7-5-16(6-8-18)3-1-13-24-21(26)17-4-2-14-25(15-17)29(27,28)20-11-9-19(23)10-12-20/h5-12,17H,1-4,13-15H2,(H,24,26). The molecule has 156 valence electrons. The monoisotopic (exact) mass is 422 g/mol. The fraction of sp³-hybridized carbons (Fsp3) is 0.381. The molecular formula is C21H24F2N2O3S. The van der Waals surface area contributed by atoms with E-state index in [2.05, 4.69) is 5.32 Å². The molecule has 0 spiro atoms. The molecule has 1 atom stereocenters. The van der Waals surface area contributed by atoms with E-state index in [4.69, 9.17) is 0 Å². The van der Waals surface area contributed by atoms with Gasteiger partial charge in [-0.3, -0.25) is 4.79 Å². The number of piperidine rings is 1. The van der Waals surface area contributed by atoms with E-state index in [9.17, 15) is 22.0 Å². The lowest BCUT2D eigenvalue weighted by Crippen LogP contribution is -2.45. The molecule has 2 aromatic rings. The summed E-state index contributed by atoms with van der Waals surface area (Å²) in [6, 6.07) is 11.0. The maximum Gasteiger partial charge on any atom is 0.243 e. The molecule has 0 aliphatic carbocycles. The number of hydrogen-bond donors (Lipinski definition) is 1. The summed E-state index contributed by atoms with van der Waals surface area (Å²) in [7, 11) is -3.75. The van der Waals surface area contributed by atoms with Gasteiger partial charge in [0, 0.05) is 19.6 Å². The molecule has 1 aliphatic heterocycles. The number of amides is 1. The van der Waals surface area contributed by atoms with Crippen molar-refractivity contribution in [2.24, 2.45) is 5.92 Å². The van der Waals surface area contributed by atoms with Crippen molar-refractivity contribution in [2.75, 3.05) is 19.6 Å². The van der Waals surface area contributed by atoms with Crippen molar-refractivity contribution in [1.82, 2.24) is 9.62 Å². The Balaban J connectivity index is 1.51. The van der Waals surface area contributed by atoms with Crippen LogP contribution >= 0.6 is 0 Å². The molecule has 0 bridgehead atoms. The van der Waals surface area contributed by atoms with Gasteiger partial charge in [0.2, 0.25) is 15.9 Å². The molecule has 1 unspecified atom stereocenters. The number of sulfonamides is 1. The summed E-state index contributed by atoms with van der Waals surface area (Å²) in [5, 5.41) is 2.87. The van der Waals surface area contributed by atoms with Gasteiger partial charge in [-0.15, -0.1) is 0 Å². The Labute approximate surface area is 169 Å². The fourth-order valence-corrected chi connectivity index (χ4v) is 4.95. The van der Waals surface area contributed by atoms with Gasteiger partial charge < -0.3 is 5.32 Å². The van der Waals surface area contributed by atoms with Crippen LogP contribution in [0, 0.1) is 17.6 Å². The van der Waals surface area contributed by atoms with Crippen LogP contribution in [0.15, 0.2) is 53.4 Å². The third-order valence-electron chi connectivity index (χ3n) is 5.06. The van der Waals surface area contributed by atoms with Crippen molar-refractivity contribution < 1.29 is 22.0 Å². The Morgan fingerprint density at radius 1 is 1.03 bits per heavy atom. The molecule has 5 nitrogen and oxygen atoms in total. The van der Waals surface area contributed by atoms with Crippen LogP contribution in [0.1, 0.15) is 24.8 Å². The van der Waals surface area contributed by atoms with Gasteiger partial charge in [-0.1, -0.05) is 12.1 Å². The molecule has 1 N–H and O–H groups in total. The smallest absolute Gasteiger partial charge is 0.243 e. The van der Waals surface area contributed by atoms with Crippen LogP contribution in [-0.2, 0) is 21.2 Å². The molecule has 1 amide bonds. The van der Waals surface area contributed by atoms with E-state index in [1.165, 1.54) is 28.6 Å². The average Bonchev–Trinajstić information content (AvgIpc) is 2.73. The van der Waals surface area contributed by atoms with Gasteiger partial charge in [0.1, 0.15) is 11.6 Å². The van der Waals surface area contributed by atoms with E-state index in [-0.39, 0.29) is 23.2 Å². The number of carbonyl (C=O) groups is 1. The summed E-state index contributed by atoms with van der Waals surface area (Å²) >= 11 is 0. The Hall–Kier alpha value is -2.32. The first-order valence-corrected chi connectivity index (χ1v) is 11.1. The van der Waals surface area contributed by atoms with E-state index < -0.39 is 21.8 Å². The van der Waals surface area contributed by atoms with Crippen molar-refractivity contribution in [3.05, 3.63) is 65.7 Å². The summed E-state index contributed by atoms with van der Waals surface area (Å²) in [5.41, 5.74) is 0.995. The lowest BCUT2D eigenvalue weighted by Gasteiger charge is -2.31. The zero-order valence-corrected chi connectivity index (χ0v) is 16.8. The minimum Gasteiger partial charge on any atom is -0.356 e. The van der Waals surface area contributed by atoms with Crippen molar-refractivity contribution in [1.29, 1.82) is 0 Å². The van der Waals surface area contributed by atoms with Gasteiger partial charge in [0.15, 0.2) is 0 Å². The summed E-state index contributed by atoms with van der Waals surface area (Å²) in [6.45, 7) is 0.926. The van der Waals surface area contributed by atoms with Gasteiger partial charge in [0.25, 0.3) is 0 Å². The number of aryl methyl sites for hydroxylation is 1. The molecule has 0 radical (unpaired) electrons. The highest BCUT2D eigenvalue weighted by molar-refractivity contribution is 7.89. The second kappa shape index (κ2) is 9.45. The van der Waals surface area contributed by atoms with Crippen molar-refractivity contribution in [2.45, 2.75) is 30.6 Å². The van der Waals surface area contributed by atoms with E-state index in [0.29, 0.717) is 32.4 Å². The van der Waals surface area contributed by atoms with Gasteiger partial charge in [-0.2, -0.15) is 4.31 Å². The van der Waals surface area contributed by atoms with Gasteiger partial charge >= 0.3 is 0 Å². The zero-order chi connectivity index (χ0) is 20.9. The first-order valence-electron chi connectivity index (χ1n) is 9.64. The van der Waals surface area contributed by atoms with Crippen LogP contribution in [0.2, 0.25) is 0 Å². The van der Waals surface area contributed by atoms with Crippen LogP contribution in [0.5, 0.6) is 0 Å². The number of nitrogens with zero attached hydrogens (tertiary/aromatic N) is 1. The van der Waals surface area contributed by atoms with Crippen LogP contribution in [-0.4, -0.2) is 38.3 Å². The maximum absolute atomic E-state index is 13.1.